The van der Waals surface area contributed by atoms with Crippen molar-refractivity contribution in [3.63, 3.8) is 0 Å². The number of amides is 1. The topological polar surface area (TPSA) is 51.7 Å². The van der Waals surface area contributed by atoms with Gasteiger partial charge in [-0.2, -0.15) is 4.98 Å². The minimum Gasteiger partial charge on any atom is -0.474 e. The summed E-state index contributed by atoms with van der Waals surface area (Å²) in [5.74, 6) is 0.331. The van der Waals surface area contributed by atoms with Crippen molar-refractivity contribution in [2.45, 2.75) is 26.4 Å². The van der Waals surface area contributed by atoms with E-state index >= 15 is 0 Å². The molecule has 1 aliphatic heterocycles. The molecule has 1 amide bonds. The van der Waals surface area contributed by atoms with Crippen LogP contribution in [-0.2, 0) is 4.74 Å². The molecule has 0 atom stereocenters. The Morgan fingerprint density at radius 3 is 2.90 bits per heavy atom. The van der Waals surface area contributed by atoms with Crippen LogP contribution in [0.5, 0.6) is 5.88 Å². The summed E-state index contributed by atoms with van der Waals surface area (Å²) < 4.78 is 10.8. The lowest BCUT2D eigenvalue weighted by molar-refractivity contribution is 0.0567. The van der Waals surface area contributed by atoms with Gasteiger partial charge in [0.2, 0.25) is 5.88 Å². The van der Waals surface area contributed by atoms with Crippen LogP contribution in [0.15, 0.2) is 12.6 Å². The molecule has 0 spiro atoms. The summed E-state index contributed by atoms with van der Waals surface area (Å²) in [6.07, 6.45) is 1.15. The largest absolute Gasteiger partial charge is 0.474 e. The predicted octanol–water partition coefficient (Wildman–Crippen LogP) is 3.51. The Balaban J connectivity index is 2.36. The first-order valence-electron chi connectivity index (χ1n) is 6.28. The molecule has 0 bridgehead atoms. The normalized spacial score (nSPS) is 14.3. The first-order chi connectivity index (χ1) is 9.31. The molecule has 2 rings (SSSR count). The lowest BCUT2D eigenvalue weighted by Gasteiger charge is -2.31. The Labute approximate surface area is 123 Å². The molecule has 0 saturated carbocycles. The number of rotatable bonds is 1. The summed E-state index contributed by atoms with van der Waals surface area (Å²) >= 11 is 6.00. The number of halogens is 1. The number of hydrogen-bond acceptors (Lipinski definition) is 4. The van der Waals surface area contributed by atoms with Gasteiger partial charge in [0.15, 0.2) is 0 Å². The monoisotopic (exact) mass is 296 g/mol. The highest BCUT2D eigenvalue weighted by molar-refractivity contribution is 6.31. The summed E-state index contributed by atoms with van der Waals surface area (Å²) in [6, 6.07) is 1.72. The van der Waals surface area contributed by atoms with E-state index in [4.69, 9.17) is 21.1 Å². The van der Waals surface area contributed by atoms with E-state index in [1.807, 2.05) is 20.8 Å². The highest BCUT2D eigenvalue weighted by Crippen LogP contribution is 2.34. The average Bonchev–Trinajstić information content (AvgIpc) is 2.35. The Kier molecular flexibility index (Phi) is 3.90. The average molecular weight is 297 g/mol. The zero-order valence-corrected chi connectivity index (χ0v) is 12.5. The van der Waals surface area contributed by atoms with Gasteiger partial charge < -0.3 is 9.47 Å². The molecule has 2 heterocycles. The zero-order chi connectivity index (χ0) is 14.9. The molecule has 1 aromatic heterocycles. The van der Waals surface area contributed by atoms with Crippen LogP contribution in [0.1, 0.15) is 26.3 Å². The number of fused-ring (bicyclic) bond motifs is 1. The van der Waals surface area contributed by atoms with Crippen molar-refractivity contribution in [1.82, 2.24) is 4.98 Å². The van der Waals surface area contributed by atoms with E-state index in [-0.39, 0.29) is 0 Å². The van der Waals surface area contributed by atoms with E-state index in [1.54, 1.807) is 12.1 Å². The summed E-state index contributed by atoms with van der Waals surface area (Å²) in [4.78, 5) is 17.9. The van der Waals surface area contributed by atoms with Crippen molar-refractivity contribution in [2.24, 2.45) is 0 Å². The zero-order valence-electron chi connectivity index (χ0n) is 11.8. The minimum atomic E-state index is -0.559. The maximum Gasteiger partial charge on any atom is 0.415 e. The number of carbonyl (C=O) groups is 1. The number of pyridine rings is 1. The van der Waals surface area contributed by atoms with Gasteiger partial charge >= 0.3 is 6.09 Å². The van der Waals surface area contributed by atoms with Crippen LogP contribution in [0, 0.1) is 0 Å². The molecular formula is C14H17ClN2O3. The fourth-order valence-electron chi connectivity index (χ4n) is 1.78. The van der Waals surface area contributed by atoms with Crippen LogP contribution in [0.4, 0.5) is 10.5 Å². The fourth-order valence-corrected chi connectivity index (χ4v) is 1.99. The Morgan fingerprint density at radius 2 is 2.30 bits per heavy atom. The minimum absolute atomic E-state index is 0.296. The first-order valence-corrected chi connectivity index (χ1v) is 6.66. The molecule has 0 radical (unpaired) electrons. The highest BCUT2D eigenvalue weighted by atomic mass is 35.5. The maximum atomic E-state index is 12.2. The molecule has 0 aromatic carbocycles. The second kappa shape index (κ2) is 5.32. The molecule has 0 unspecified atom stereocenters. The predicted molar refractivity (Wildman–Crippen MR) is 78.4 cm³/mol. The van der Waals surface area contributed by atoms with Crippen molar-refractivity contribution in [2.75, 3.05) is 18.1 Å². The molecule has 0 N–H and O–H groups in total. The van der Waals surface area contributed by atoms with Gasteiger partial charge in [0.05, 0.1) is 6.54 Å². The second-order valence-electron chi connectivity index (χ2n) is 5.38. The van der Waals surface area contributed by atoms with Crippen molar-refractivity contribution >= 4 is 29.5 Å². The summed E-state index contributed by atoms with van der Waals surface area (Å²) in [6.45, 7) is 9.89. The van der Waals surface area contributed by atoms with Crippen molar-refractivity contribution in [1.29, 1.82) is 0 Å². The second-order valence-corrected chi connectivity index (χ2v) is 5.74. The Morgan fingerprint density at radius 1 is 1.60 bits per heavy atom. The van der Waals surface area contributed by atoms with E-state index in [9.17, 15) is 4.79 Å². The van der Waals surface area contributed by atoms with Gasteiger partial charge in [-0.3, -0.25) is 4.90 Å². The number of hydrogen-bond donors (Lipinski definition) is 0. The third-order valence-electron chi connectivity index (χ3n) is 2.63. The third-order valence-corrected chi connectivity index (χ3v) is 2.93. The summed E-state index contributed by atoms with van der Waals surface area (Å²) in [5.41, 5.74) is 0.630. The van der Waals surface area contributed by atoms with Crippen LogP contribution < -0.4 is 9.64 Å². The van der Waals surface area contributed by atoms with Gasteiger partial charge in [-0.1, -0.05) is 24.3 Å². The van der Waals surface area contributed by atoms with E-state index in [0.29, 0.717) is 35.4 Å². The van der Waals surface area contributed by atoms with Crippen LogP contribution in [-0.4, -0.2) is 29.8 Å². The number of anilines is 1. The van der Waals surface area contributed by atoms with Gasteiger partial charge in [0.25, 0.3) is 0 Å². The summed E-state index contributed by atoms with van der Waals surface area (Å²) in [5, 5.41) is 0.296. The van der Waals surface area contributed by atoms with Gasteiger partial charge in [0, 0.05) is 5.56 Å². The van der Waals surface area contributed by atoms with Crippen molar-refractivity contribution in [3.8, 4) is 5.88 Å². The first kappa shape index (κ1) is 14.7. The molecule has 6 heteroatoms. The lowest BCUT2D eigenvalue weighted by Crippen LogP contribution is -2.41. The smallest absolute Gasteiger partial charge is 0.415 e. The molecular weight excluding hydrogens is 280 g/mol. The number of carbonyl (C=O) groups excluding carboxylic acids is 1. The lowest BCUT2D eigenvalue weighted by atomic mass is 10.2. The fraction of sp³-hybridized carbons (Fsp3) is 0.429. The van der Waals surface area contributed by atoms with Gasteiger partial charge in [-0.15, -0.1) is 0 Å². The standard InChI is InChI=1S/C14H17ClN2O3/c1-5-9-8-10-12(16-11(9)15)19-7-6-17(10)13(18)20-14(2,3)4/h5,8H,1,6-7H2,2-4H3. The van der Waals surface area contributed by atoms with Crippen LogP contribution in [0.3, 0.4) is 0 Å². The van der Waals surface area contributed by atoms with Crippen molar-refractivity contribution < 1.29 is 14.3 Å². The molecule has 0 saturated heterocycles. The van der Waals surface area contributed by atoms with Gasteiger partial charge in [0.1, 0.15) is 23.0 Å². The molecule has 5 nitrogen and oxygen atoms in total. The number of nitrogens with zero attached hydrogens (tertiary/aromatic N) is 2. The summed E-state index contributed by atoms with van der Waals surface area (Å²) in [7, 11) is 0. The third kappa shape index (κ3) is 3.04. The number of aromatic nitrogens is 1. The molecule has 108 valence electrons. The van der Waals surface area contributed by atoms with Crippen LogP contribution in [0.25, 0.3) is 6.08 Å². The maximum absolute atomic E-state index is 12.2. The molecule has 0 aliphatic carbocycles. The molecule has 1 aromatic rings. The van der Waals surface area contributed by atoms with Crippen LogP contribution in [0.2, 0.25) is 5.15 Å². The Hall–Kier alpha value is -1.75. The molecule has 0 fully saturated rings. The molecule has 20 heavy (non-hydrogen) atoms. The van der Waals surface area contributed by atoms with E-state index in [1.165, 1.54) is 4.90 Å². The van der Waals surface area contributed by atoms with E-state index in [2.05, 4.69) is 11.6 Å². The van der Waals surface area contributed by atoms with Gasteiger partial charge in [-0.05, 0) is 26.8 Å². The quantitative estimate of drug-likeness (QED) is 0.744. The van der Waals surface area contributed by atoms with E-state index < -0.39 is 11.7 Å². The number of ether oxygens (including phenoxy) is 2. The van der Waals surface area contributed by atoms with E-state index in [0.717, 1.165) is 0 Å². The van der Waals surface area contributed by atoms with Crippen LogP contribution >= 0.6 is 11.6 Å². The SMILES string of the molecule is C=Cc1cc2c(nc1Cl)OCCN2C(=O)OC(C)(C)C. The Bertz CT molecular complexity index is 552. The van der Waals surface area contributed by atoms with Gasteiger partial charge in [-0.25, -0.2) is 4.79 Å². The highest BCUT2D eigenvalue weighted by Gasteiger charge is 2.29. The van der Waals surface area contributed by atoms with Crippen molar-refractivity contribution in [3.05, 3.63) is 23.4 Å². The molecule has 1 aliphatic rings.